The van der Waals surface area contributed by atoms with Gasteiger partial charge in [-0.15, -0.1) is 0 Å². The van der Waals surface area contributed by atoms with Crippen molar-refractivity contribution >= 4 is 27.9 Å². The van der Waals surface area contributed by atoms with Crippen molar-refractivity contribution in [3.63, 3.8) is 0 Å². The van der Waals surface area contributed by atoms with Gasteiger partial charge in [-0.05, 0) is 36.1 Å². The molecule has 0 spiro atoms. The van der Waals surface area contributed by atoms with Crippen molar-refractivity contribution in [2.24, 2.45) is 5.73 Å². The van der Waals surface area contributed by atoms with E-state index in [2.05, 4.69) is 33.4 Å². The number of urea groups is 1. The average molecular weight is 356 g/mol. The fraction of sp³-hybridized carbons (Fsp3) is 0.429. The monoisotopic (exact) mass is 355 g/mol. The zero-order valence-corrected chi connectivity index (χ0v) is 13.3. The molecule has 21 heavy (non-hydrogen) atoms. The van der Waals surface area contributed by atoms with Crippen LogP contribution in [0, 0.1) is 6.92 Å². The molecule has 0 unspecified atom stereocenters. The average Bonchev–Trinajstić information content (AvgIpc) is 2.42. The molecule has 3 amide bonds. The van der Waals surface area contributed by atoms with Gasteiger partial charge in [-0.2, -0.15) is 0 Å². The molecule has 1 aliphatic heterocycles. The molecule has 2 rings (SSSR count). The maximum absolute atomic E-state index is 12.3. The Morgan fingerprint density at radius 3 is 2.86 bits per heavy atom. The standard InChI is InChI=1S/C14H18BrN3O3/c1-8-4-9-6-18(3-2-10(9)11(15)5-8)13(20)12(7-19)17-14(16)21/h4-5,12,19H,2-3,6-7H2,1H3,(H3,16,17,21)/t12-/m0/s1. The largest absolute Gasteiger partial charge is 0.394 e. The third-order valence-electron chi connectivity index (χ3n) is 3.53. The number of carbonyl (C=O) groups excluding carboxylic acids is 2. The number of fused-ring (bicyclic) bond motifs is 1. The minimum absolute atomic E-state index is 0.320. The first-order chi connectivity index (χ1) is 9.92. The number of aliphatic hydroxyl groups is 1. The molecule has 7 heteroatoms. The third kappa shape index (κ3) is 3.54. The van der Waals surface area contributed by atoms with Crippen molar-refractivity contribution in [2.75, 3.05) is 13.2 Å². The van der Waals surface area contributed by atoms with Crippen LogP contribution in [-0.2, 0) is 17.8 Å². The van der Waals surface area contributed by atoms with Gasteiger partial charge in [0.25, 0.3) is 0 Å². The van der Waals surface area contributed by atoms with Gasteiger partial charge in [0.1, 0.15) is 6.04 Å². The summed E-state index contributed by atoms with van der Waals surface area (Å²) in [5.41, 5.74) is 8.41. The van der Waals surface area contributed by atoms with Gasteiger partial charge >= 0.3 is 6.03 Å². The molecule has 0 saturated carbocycles. The molecule has 0 bridgehead atoms. The van der Waals surface area contributed by atoms with E-state index < -0.39 is 18.7 Å². The summed E-state index contributed by atoms with van der Waals surface area (Å²) in [6.45, 7) is 2.54. The number of carbonyl (C=O) groups is 2. The number of primary amides is 1. The summed E-state index contributed by atoms with van der Waals surface area (Å²) in [6.07, 6.45) is 0.733. The summed E-state index contributed by atoms with van der Waals surface area (Å²) < 4.78 is 1.05. The van der Waals surface area contributed by atoms with Gasteiger partial charge in [0.15, 0.2) is 0 Å². The number of rotatable bonds is 3. The summed E-state index contributed by atoms with van der Waals surface area (Å²) in [4.78, 5) is 24.8. The normalized spacial score (nSPS) is 15.3. The van der Waals surface area contributed by atoms with Crippen LogP contribution in [0.1, 0.15) is 16.7 Å². The van der Waals surface area contributed by atoms with E-state index in [1.165, 1.54) is 5.56 Å². The van der Waals surface area contributed by atoms with Gasteiger partial charge < -0.3 is 21.1 Å². The number of nitrogens with two attached hydrogens (primary N) is 1. The number of hydrogen-bond acceptors (Lipinski definition) is 3. The first-order valence-electron chi connectivity index (χ1n) is 6.66. The van der Waals surface area contributed by atoms with E-state index in [1.807, 2.05) is 6.92 Å². The molecule has 0 aliphatic carbocycles. The van der Waals surface area contributed by atoms with Gasteiger partial charge in [-0.25, -0.2) is 4.79 Å². The Bertz CT molecular complexity index is 577. The maximum atomic E-state index is 12.3. The van der Waals surface area contributed by atoms with Crippen LogP contribution < -0.4 is 11.1 Å². The molecule has 1 aromatic rings. The van der Waals surface area contributed by atoms with Crippen LogP contribution in [0.25, 0.3) is 0 Å². The fourth-order valence-electron chi connectivity index (χ4n) is 2.56. The third-order valence-corrected chi connectivity index (χ3v) is 4.24. The second-order valence-electron chi connectivity index (χ2n) is 5.14. The lowest BCUT2D eigenvalue weighted by atomic mass is 9.97. The minimum Gasteiger partial charge on any atom is -0.394 e. The van der Waals surface area contributed by atoms with E-state index in [0.717, 1.165) is 22.0 Å². The quantitative estimate of drug-likeness (QED) is 0.743. The molecule has 114 valence electrons. The van der Waals surface area contributed by atoms with Crippen LogP contribution in [0.5, 0.6) is 0 Å². The summed E-state index contributed by atoms with van der Waals surface area (Å²) in [7, 11) is 0. The predicted octanol–water partition coefficient (Wildman–Crippen LogP) is 0.671. The van der Waals surface area contributed by atoms with E-state index in [4.69, 9.17) is 5.73 Å². The van der Waals surface area contributed by atoms with E-state index in [-0.39, 0.29) is 5.91 Å². The summed E-state index contributed by atoms with van der Waals surface area (Å²) >= 11 is 3.55. The molecule has 0 fully saturated rings. The number of benzene rings is 1. The first kappa shape index (κ1) is 15.8. The Balaban J connectivity index is 2.17. The molecule has 6 nitrogen and oxygen atoms in total. The topological polar surface area (TPSA) is 95.7 Å². The highest BCUT2D eigenvalue weighted by Crippen LogP contribution is 2.28. The number of hydrogen-bond donors (Lipinski definition) is 3. The predicted molar refractivity (Wildman–Crippen MR) is 81.6 cm³/mol. The van der Waals surface area contributed by atoms with Crippen LogP contribution in [0.2, 0.25) is 0 Å². The second kappa shape index (κ2) is 6.44. The van der Waals surface area contributed by atoms with Crippen molar-refractivity contribution in [1.29, 1.82) is 0 Å². The Morgan fingerprint density at radius 1 is 1.52 bits per heavy atom. The number of halogens is 1. The second-order valence-corrected chi connectivity index (χ2v) is 5.99. The zero-order chi connectivity index (χ0) is 15.6. The van der Waals surface area contributed by atoms with E-state index >= 15 is 0 Å². The Hall–Kier alpha value is -1.60. The van der Waals surface area contributed by atoms with E-state index in [0.29, 0.717) is 13.1 Å². The lowest BCUT2D eigenvalue weighted by molar-refractivity contribution is -0.135. The Labute approximate surface area is 131 Å². The van der Waals surface area contributed by atoms with Gasteiger partial charge in [-0.1, -0.05) is 22.0 Å². The molecule has 1 atom stereocenters. The van der Waals surface area contributed by atoms with E-state index in [9.17, 15) is 14.7 Å². The molecule has 0 radical (unpaired) electrons. The summed E-state index contributed by atoms with van der Waals surface area (Å²) in [5.74, 6) is -0.320. The van der Waals surface area contributed by atoms with Crippen molar-refractivity contribution in [1.82, 2.24) is 10.2 Å². The number of nitrogens with one attached hydrogen (secondary N) is 1. The summed E-state index contributed by atoms with van der Waals surface area (Å²) in [5, 5.41) is 11.5. The summed E-state index contributed by atoms with van der Waals surface area (Å²) in [6, 6.07) is 2.30. The van der Waals surface area contributed by atoms with Crippen LogP contribution in [0.3, 0.4) is 0 Å². The molecule has 4 N–H and O–H groups in total. The Morgan fingerprint density at radius 2 is 2.24 bits per heavy atom. The van der Waals surface area contributed by atoms with Crippen molar-refractivity contribution in [3.05, 3.63) is 33.3 Å². The van der Waals surface area contributed by atoms with Crippen molar-refractivity contribution in [3.8, 4) is 0 Å². The number of amides is 3. The van der Waals surface area contributed by atoms with Crippen LogP contribution in [-0.4, -0.2) is 41.1 Å². The van der Waals surface area contributed by atoms with Gasteiger partial charge in [0.2, 0.25) is 5.91 Å². The minimum atomic E-state index is -0.989. The zero-order valence-electron chi connectivity index (χ0n) is 11.7. The highest BCUT2D eigenvalue weighted by Gasteiger charge is 2.28. The van der Waals surface area contributed by atoms with Crippen LogP contribution >= 0.6 is 15.9 Å². The first-order valence-corrected chi connectivity index (χ1v) is 7.45. The van der Waals surface area contributed by atoms with Gasteiger partial charge in [0, 0.05) is 17.6 Å². The molecule has 0 saturated heterocycles. The Kier molecular flexibility index (Phi) is 4.84. The highest BCUT2D eigenvalue weighted by molar-refractivity contribution is 9.10. The van der Waals surface area contributed by atoms with Crippen molar-refractivity contribution < 1.29 is 14.7 Å². The molecule has 0 aromatic heterocycles. The lowest BCUT2D eigenvalue weighted by Gasteiger charge is -2.32. The SMILES string of the molecule is Cc1cc(Br)c2c(c1)CN(C(=O)[C@H](CO)NC(N)=O)CC2. The number of nitrogens with zero attached hydrogens (tertiary/aromatic N) is 1. The van der Waals surface area contributed by atoms with Crippen LogP contribution in [0.4, 0.5) is 4.79 Å². The molecular weight excluding hydrogens is 338 g/mol. The lowest BCUT2D eigenvalue weighted by Crippen LogP contribution is -2.52. The van der Waals surface area contributed by atoms with E-state index in [1.54, 1.807) is 4.90 Å². The van der Waals surface area contributed by atoms with Gasteiger partial charge in [-0.3, -0.25) is 4.79 Å². The molecule has 1 aliphatic rings. The fourth-order valence-corrected chi connectivity index (χ4v) is 3.38. The van der Waals surface area contributed by atoms with Gasteiger partial charge in [0.05, 0.1) is 6.61 Å². The maximum Gasteiger partial charge on any atom is 0.312 e. The van der Waals surface area contributed by atoms with Crippen molar-refractivity contribution in [2.45, 2.75) is 25.9 Å². The molecule has 1 aromatic carbocycles. The number of aryl methyl sites for hydroxylation is 1. The molecular formula is C14H18BrN3O3. The van der Waals surface area contributed by atoms with Crippen LogP contribution in [0.15, 0.2) is 16.6 Å². The highest BCUT2D eigenvalue weighted by atomic mass is 79.9. The molecule has 1 heterocycles. The number of aliphatic hydroxyl groups excluding tert-OH is 1. The smallest absolute Gasteiger partial charge is 0.312 e.